The summed E-state index contributed by atoms with van der Waals surface area (Å²) in [7, 11) is 0. The van der Waals surface area contributed by atoms with Gasteiger partial charge in [-0.15, -0.1) is 0 Å². The molecule has 0 bridgehead atoms. The standard InChI is InChI=1S/C11H15N3O/c15-9-10-7-12-11(13-8-10)14-5-3-1-2-4-6-14/h7-9H,1-6H2. The van der Waals surface area contributed by atoms with Crippen LogP contribution < -0.4 is 4.90 Å². The summed E-state index contributed by atoms with van der Waals surface area (Å²) in [5.74, 6) is 0.752. The van der Waals surface area contributed by atoms with E-state index in [0.29, 0.717) is 5.56 Å². The van der Waals surface area contributed by atoms with Gasteiger partial charge in [0.2, 0.25) is 5.95 Å². The number of aromatic nitrogens is 2. The first-order valence-corrected chi connectivity index (χ1v) is 5.42. The molecular weight excluding hydrogens is 190 g/mol. The summed E-state index contributed by atoms with van der Waals surface area (Å²) in [6, 6.07) is 0. The van der Waals surface area contributed by atoms with Crippen molar-refractivity contribution in [2.75, 3.05) is 18.0 Å². The molecule has 1 saturated heterocycles. The van der Waals surface area contributed by atoms with Crippen LogP contribution in [0.4, 0.5) is 5.95 Å². The molecule has 1 aliphatic rings. The van der Waals surface area contributed by atoms with Crippen LogP contribution in [-0.4, -0.2) is 29.3 Å². The van der Waals surface area contributed by atoms with Crippen molar-refractivity contribution in [2.24, 2.45) is 0 Å². The molecule has 2 rings (SSSR count). The lowest BCUT2D eigenvalue weighted by Crippen LogP contribution is -2.25. The van der Waals surface area contributed by atoms with Crippen LogP contribution in [0, 0.1) is 0 Å². The quantitative estimate of drug-likeness (QED) is 0.689. The summed E-state index contributed by atoms with van der Waals surface area (Å²) in [4.78, 5) is 21.0. The first-order valence-electron chi connectivity index (χ1n) is 5.42. The molecule has 80 valence electrons. The van der Waals surface area contributed by atoms with Gasteiger partial charge < -0.3 is 4.90 Å². The third kappa shape index (κ3) is 2.52. The summed E-state index contributed by atoms with van der Waals surface area (Å²) < 4.78 is 0. The highest BCUT2D eigenvalue weighted by atomic mass is 16.1. The van der Waals surface area contributed by atoms with Crippen molar-refractivity contribution in [3.05, 3.63) is 18.0 Å². The van der Waals surface area contributed by atoms with Crippen LogP contribution in [-0.2, 0) is 0 Å². The monoisotopic (exact) mass is 205 g/mol. The molecule has 0 radical (unpaired) electrons. The second-order valence-electron chi connectivity index (χ2n) is 3.84. The molecule has 1 fully saturated rings. The molecule has 0 aliphatic carbocycles. The van der Waals surface area contributed by atoms with Crippen LogP contribution in [0.1, 0.15) is 36.0 Å². The minimum atomic E-state index is 0.536. The van der Waals surface area contributed by atoms with E-state index in [4.69, 9.17) is 0 Å². The van der Waals surface area contributed by atoms with E-state index in [1.54, 1.807) is 12.4 Å². The van der Waals surface area contributed by atoms with Gasteiger partial charge in [0.1, 0.15) is 0 Å². The van der Waals surface area contributed by atoms with E-state index in [0.717, 1.165) is 25.3 Å². The van der Waals surface area contributed by atoms with E-state index < -0.39 is 0 Å². The fourth-order valence-electron chi connectivity index (χ4n) is 1.83. The van der Waals surface area contributed by atoms with Gasteiger partial charge in [0.05, 0.1) is 5.56 Å². The maximum atomic E-state index is 10.5. The molecule has 1 aromatic heterocycles. The van der Waals surface area contributed by atoms with Crippen LogP contribution in [0.25, 0.3) is 0 Å². The van der Waals surface area contributed by atoms with Gasteiger partial charge in [-0.05, 0) is 12.8 Å². The van der Waals surface area contributed by atoms with Gasteiger partial charge in [0, 0.05) is 25.5 Å². The summed E-state index contributed by atoms with van der Waals surface area (Å²) in [6.07, 6.45) is 8.94. The lowest BCUT2D eigenvalue weighted by molar-refractivity contribution is 0.112. The molecule has 15 heavy (non-hydrogen) atoms. The summed E-state index contributed by atoms with van der Waals surface area (Å²) in [5.41, 5.74) is 0.536. The Kier molecular flexibility index (Phi) is 3.27. The van der Waals surface area contributed by atoms with Crippen molar-refractivity contribution in [3.8, 4) is 0 Å². The Labute approximate surface area is 89.3 Å². The molecule has 0 spiro atoms. The highest BCUT2D eigenvalue weighted by molar-refractivity contribution is 5.73. The fourth-order valence-corrected chi connectivity index (χ4v) is 1.83. The molecule has 1 aliphatic heterocycles. The zero-order chi connectivity index (χ0) is 10.5. The Bertz CT molecular complexity index is 315. The summed E-state index contributed by atoms with van der Waals surface area (Å²) in [5, 5.41) is 0. The predicted octanol–water partition coefficient (Wildman–Crippen LogP) is 1.67. The van der Waals surface area contributed by atoms with E-state index in [9.17, 15) is 4.79 Å². The maximum Gasteiger partial charge on any atom is 0.225 e. The average molecular weight is 205 g/mol. The van der Waals surface area contributed by atoms with Crippen molar-refractivity contribution >= 4 is 12.2 Å². The van der Waals surface area contributed by atoms with Gasteiger partial charge >= 0.3 is 0 Å². The highest BCUT2D eigenvalue weighted by Crippen LogP contribution is 2.14. The van der Waals surface area contributed by atoms with E-state index in [2.05, 4.69) is 14.9 Å². The number of aldehydes is 1. The average Bonchev–Trinajstić information content (AvgIpc) is 2.58. The minimum Gasteiger partial charge on any atom is -0.341 e. The maximum absolute atomic E-state index is 10.5. The third-order valence-electron chi connectivity index (χ3n) is 2.68. The van der Waals surface area contributed by atoms with Gasteiger partial charge in [-0.2, -0.15) is 0 Å². The van der Waals surface area contributed by atoms with Crippen molar-refractivity contribution in [3.63, 3.8) is 0 Å². The van der Waals surface area contributed by atoms with E-state index in [1.807, 2.05) is 0 Å². The molecule has 0 aromatic carbocycles. The van der Waals surface area contributed by atoms with Crippen LogP contribution in [0.3, 0.4) is 0 Å². The summed E-state index contributed by atoms with van der Waals surface area (Å²) >= 11 is 0. The topological polar surface area (TPSA) is 46.1 Å². The van der Waals surface area contributed by atoms with Crippen molar-refractivity contribution < 1.29 is 4.79 Å². The lowest BCUT2D eigenvalue weighted by atomic mass is 10.2. The Hall–Kier alpha value is -1.45. The molecule has 0 N–H and O–H groups in total. The molecule has 4 heteroatoms. The van der Waals surface area contributed by atoms with Crippen LogP contribution >= 0.6 is 0 Å². The number of hydrogen-bond donors (Lipinski definition) is 0. The lowest BCUT2D eigenvalue weighted by Gasteiger charge is -2.19. The zero-order valence-corrected chi connectivity index (χ0v) is 8.72. The second-order valence-corrected chi connectivity index (χ2v) is 3.84. The van der Waals surface area contributed by atoms with Gasteiger partial charge in [-0.3, -0.25) is 4.79 Å². The molecule has 2 heterocycles. The number of nitrogens with zero attached hydrogens (tertiary/aromatic N) is 3. The van der Waals surface area contributed by atoms with Gasteiger partial charge in [0.15, 0.2) is 6.29 Å². The smallest absolute Gasteiger partial charge is 0.225 e. The van der Waals surface area contributed by atoms with E-state index in [-0.39, 0.29) is 0 Å². The second kappa shape index (κ2) is 4.87. The minimum absolute atomic E-state index is 0.536. The Morgan fingerprint density at radius 3 is 2.20 bits per heavy atom. The summed E-state index contributed by atoms with van der Waals surface area (Å²) in [6.45, 7) is 2.06. The number of carbonyl (C=O) groups is 1. The molecular formula is C11H15N3O. The Morgan fingerprint density at radius 1 is 1.07 bits per heavy atom. The number of anilines is 1. The van der Waals surface area contributed by atoms with E-state index in [1.165, 1.54) is 25.7 Å². The zero-order valence-electron chi connectivity index (χ0n) is 8.72. The third-order valence-corrected chi connectivity index (χ3v) is 2.68. The molecule has 0 unspecified atom stereocenters. The van der Waals surface area contributed by atoms with Crippen LogP contribution in [0.5, 0.6) is 0 Å². The normalized spacial score (nSPS) is 17.2. The van der Waals surface area contributed by atoms with Crippen molar-refractivity contribution in [1.29, 1.82) is 0 Å². The van der Waals surface area contributed by atoms with E-state index >= 15 is 0 Å². The molecule has 4 nitrogen and oxygen atoms in total. The Balaban J connectivity index is 2.09. The number of carbonyl (C=O) groups excluding carboxylic acids is 1. The SMILES string of the molecule is O=Cc1cnc(N2CCCCCC2)nc1. The largest absolute Gasteiger partial charge is 0.341 e. The molecule has 0 amide bonds. The van der Waals surface area contributed by atoms with Gasteiger partial charge in [-0.1, -0.05) is 12.8 Å². The number of hydrogen-bond acceptors (Lipinski definition) is 4. The first kappa shape index (κ1) is 10.1. The van der Waals surface area contributed by atoms with Crippen molar-refractivity contribution in [1.82, 2.24) is 9.97 Å². The molecule has 1 aromatic rings. The Morgan fingerprint density at radius 2 is 1.67 bits per heavy atom. The highest BCUT2D eigenvalue weighted by Gasteiger charge is 2.11. The van der Waals surface area contributed by atoms with Crippen LogP contribution in [0.15, 0.2) is 12.4 Å². The number of rotatable bonds is 2. The van der Waals surface area contributed by atoms with Crippen molar-refractivity contribution in [2.45, 2.75) is 25.7 Å². The van der Waals surface area contributed by atoms with Gasteiger partial charge in [0.25, 0.3) is 0 Å². The van der Waals surface area contributed by atoms with Gasteiger partial charge in [-0.25, -0.2) is 9.97 Å². The molecule has 0 atom stereocenters. The fraction of sp³-hybridized carbons (Fsp3) is 0.545. The molecule has 0 saturated carbocycles. The first-order chi connectivity index (χ1) is 7.40. The van der Waals surface area contributed by atoms with Crippen LogP contribution in [0.2, 0.25) is 0 Å². The predicted molar refractivity (Wildman–Crippen MR) is 58.1 cm³/mol.